The summed E-state index contributed by atoms with van der Waals surface area (Å²) in [6, 6.07) is 10.5. The molecule has 1 amide bonds. The second kappa shape index (κ2) is 7.04. The van der Waals surface area contributed by atoms with Gasteiger partial charge in [0.15, 0.2) is 11.5 Å². The van der Waals surface area contributed by atoms with E-state index >= 15 is 0 Å². The molecule has 2 aliphatic rings. The Kier molecular flexibility index (Phi) is 4.43. The number of amides is 1. The standard InChI is InChI=1S/C24H24N2O5/c1-12(2)31-24(28)17-11-15-13-7-5-6-8-16(13)25-20(15)21-14-9-10-18(29-3)22(30-4)19(14)23(27)26(17)21/h5-10,12,17,21,25H,11H2,1-4H3. The summed E-state index contributed by atoms with van der Waals surface area (Å²) in [5.41, 5.74) is 4.16. The van der Waals surface area contributed by atoms with Crippen molar-refractivity contribution >= 4 is 22.8 Å². The molecular weight excluding hydrogens is 396 g/mol. The summed E-state index contributed by atoms with van der Waals surface area (Å²) < 4.78 is 16.5. The van der Waals surface area contributed by atoms with Crippen LogP contribution in [-0.4, -0.2) is 48.1 Å². The fourth-order valence-electron chi connectivity index (χ4n) is 4.88. The molecule has 0 aliphatic carbocycles. The van der Waals surface area contributed by atoms with Crippen LogP contribution in [-0.2, 0) is 16.0 Å². The van der Waals surface area contributed by atoms with E-state index in [1.54, 1.807) is 11.0 Å². The van der Waals surface area contributed by atoms with Crippen molar-refractivity contribution in [1.29, 1.82) is 0 Å². The van der Waals surface area contributed by atoms with Crippen molar-refractivity contribution in [3.8, 4) is 11.5 Å². The first kappa shape index (κ1) is 19.5. The van der Waals surface area contributed by atoms with Gasteiger partial charge >= 0.3 is 5.97 Å². The maximum atomic E-state index is 13.7. The number of aromatic nitrogens is 1. The van der Waals surface area contributed by atoms with E-state index < -0.39 is 18.1 Å². The third kappa shape index (κ3) is 2.72. The molecule has 7 nitrogen and oxygen atoms in total. The van der Waals surface area contributed by atoms with Crippen molar-refractivity contribution in [2.45, 2.75) is 38.5 Å². The first-order chi connectivity index (χ1) is 15.0. The van der Waals surface area contributed by atoms with Gasteiger partial charge in [0.2, 0.25) is 0 Å². The fourth-order valence-corrected chi connectivity index (χ4v) is 4.88. The smallest absolute Gasteiger partial charge is 0.329 e. The summed E-state index contributed by atoms with van der Waals surface area (Å²) in [7, 11) is 3.05. The SMILES string of the molecule is COc1ccc2c(c1OC)C(=O)N1C(C(=O)OC(C)C)Cc3c([nH]c4ccccc34)C21. The Morgan fingerprint density at radius 2 is 1.90 bits per heavy atom. The highest BCUT2D eigenvalue weighted by atomic mass is 16.5. The molecule has 3 aromatic rings. The van der Waals surface area contributed by atoms with Gasteiger partial charge in [-0.25, -0.2) is 4.79 Å². The lowest BCUT2D eigenvalue weighted by Crippen LogP contribution is -2.49. The number of methoxy groups -OCH3 is 2. The van der Waals surface area contributed by atoms with Crippen LogP contribution in [0.15, 0.2) is 36.4 Å². The van der Waals surface area contributed by atoms with Crippen molar-refractivity contribution in [2.24, 2.45) is 0 Å². The van der Waals surface area contributed by atoms with Gasteiger partial charge in [0.1, 0.15) is 6.04 Å². The number of fused-ring (bicyclic) bond motifs is 7. The number of para-hydroxylation sites is 1. The monoisotopic (exact) mass is 420 g/mol. The minimum atomic E-state index is -0.727. The number of rotatable bonds is 4. The van der Waals surface area contributed by atoms with E-state index in [0.29, 0.717) is 23.5 Å². The van der Waals surface area contributed by atoms with E-state index in [-0.39, 0.29) is 12.0 Å². The quantitative estimate of drug-likeness (QED) is 0.652. The number of aromatic amines is 1. The normalized spacial score (nSPS) is 19.3. The highest BCUT2D eigenvalue weighted by molar-refractivity contribution is 6.06. The van der Waals surface area contributed by atoms with Crippen LogP contribution in [0.5, 0.6) is 11.5 Å². The molecule has 2 aliphatic heterocycles. The molecule has 2 unspecified atom stereocenters. The van der Waals surface area contributed by atoms with Gasteiger partial charge in [-0.05, 0) is 37.1 Å². The van der Waals surface area contributed by atoms with Gasteiger partial charge in [-0.15, -0.1) is 0 Å². The van der Waals surface area contributed by atoms with Gasteiger partial charge < -0.3 is 24.1 Å². The third-order valence-corrected chi connectivity index (χ3v) is 6.08. The molecule has 7 heteroatoms. The minimum Gasteiger partial charge on any atom is -0.493 e. The third-order valence-electron chi connectivity index (χ3n) is 6.08. The summed E-state index contributed by atoms with van der Waals surface area (Å²) in [5, 5.41) is 1.06. The number of esters is 1. The Morgan fingerprint density at radius 3 is 2.61 bits per heavy atom. The van der Waals surface area contributed by atoms with Gasteiger partial charge in [-0.3, -0.25) is 4.79 Å². The molecular formula is C24H24N2O5. The Morgan fingerprint density at radius 1 is 1.13 bits per heavy atom. The number of nitrogens with zero attached hydrogens (tertiary/aromatic N) is 1. The zero-order valence-electron chi connectivity index (χ0n) is 17.9. The van der Waals surface area contributed by atoms with Crippen molar-refractivity contribution in [2.75, 3.05) is 14.2 Å². The topological polar surface area (TPSA) is 80.9 Å². The first-order valence-corrected chi connectivity index (χ1v) is 10.3. The van der Waals surface area contributed by atoms with E-state index in [1.165, 1.54) is 14.2 Å². The molecule has 5 rings (SSSR count). The lowest BCUT2D eigenvalue weighted by molar-refractivity contribution is -0.153. The first-order valence-electron chi connectivity index (χ1n) is 10.3. The van der Waals surface area contributed by atoms with Crippen LogP contribution in [0.25, 0.3) is 10.9 Å². The van der Waals surface area contributed by atoms with E-state index in [0.717, 1.165) is 27.7 Å². The molecule has 0 fully saturated rings. The number of carbonyl (C=O) groups is 2. The van der Waals surface area contributed by atoms with Crippen molar-refractivity contribution in [3.63, 3.8) is 0 Å². The highest BCUT2D eigenvalue weighted by Crippen LogP contribution is 2.50. The van der Waals surface area contributed by atoms with E-state index in [2.05, 4.69) is 4.98 Å². The van der Waals surface area contributed by atoms with Crippen LogP contribution in [0.4, 0.5) is 0 Å². The molecule has 0 spiro atoms. The van der Waals surface area contributed by atoms with Crippen LogP contribution in [0, 0.1) is 0 Å². The summed E-state index contributed by atoms with van der Waals surface area (Å²) >= 11 is 0. The number of benzene rings is 2. The van der Waals surface area contributed by atoms with Crippen LogP contribution in [0.2, 0.25) is 0 Å². The molecule has 31 heavy (non-hydrogen) atoms. The van der Waals surface area contributed by atoms with Crippen LogP contribution >= 0.6 is 0 Å². The maximum absolute atomic E-state index is 13.7. The Hall–Kier alpha value is -3.48. The number of hydrogen-bond donors (Lipinski definition) is 1. The summed E-state index contributed by atoms with van der Waals surface area (Å²) in [6.07, 6.45) is 0.116. The highest BCUT2D eigenvalue weighted by Gasteiger charge is 2.51. The predicted octanol–water partition coefficient (Wildman–Crippen LogP) is 3.61. The molecule has 160 valence electrons. The minimum absolute atomic E-state index is 0.259. The number of nitrogens with one attached hydrogen (secondary N) is 1. The van der Waals surface area contributed by atoms with E-state index in [9.17, 15) is 9.59 Å². The summed E-state index contributed by atoms with van der Waals surface area (Å²) in [4.78, 5) is 31.9. The average Bonchev–Trinajstić information content (AvgIpc) is 3.27. The van der Waals surface area contributed by atoms with E-state index in [4.69, 9.17) is 14.2 Å². The predicted molar refractivity (Wildman–Crippen MR) is 115 cm³/mol. The molecule has 2 atom stereocenters. The summed E-state index contributed by atoms with van der Waals surface area (Å²) in [6.45, 7) is 3.62. The fraction of sp³-hybridized carbons (Fsp3) is 0.333. The van der Waals surface area contributed by atoms with Crippen LogP contribution in [0.1, 0.15) is 47.1 Å². The number of hydrogen-bond acceptors (Lipinski definition) is 5. The zero-order chi connectivity index (χ0) is 21.9. The molecule has 1 aromatic heterocycles. The second-order valence-corrected chi connectivity index (χ2v) is 8.15. The molecule has 2 aromatic carbocycles. The second-order valence-electron chi connectivity index (χ2n) is 8.15. The zero-order valence-corrected chi connectivity index (χ0v) is 17.9. The summed E-state index contributed by atoms with van der Waals surface area (Å²) in [5.74, 6) is 0.203. The van der Waals surface area contributed by atoms with Gasteiger partial charge in [-0.2, -0.15) is 0 Å². The Balaban J connectivity index is 1.76. The van der Waals surface area contributed by atoms with Gasteiger partial charge in [0.05, 0.1) is 31.9 Å². The Labute approximate surface area is 179 Å². The van der Waals surface area contributed by atoms with E-state index in [1.807, 2.05) is 44.2 Å². The van der Waals surface area contributed by atoms with Crippen molar-refractivity contribution in [1.82, 2.24) is 9.88 Å². The molecule has 0 radical (unpaired) electrons. The van der Waals surface area contributed by atoms with Gasteiger partial charge in [-0.1, -0.05) is 24.3 Å². The molecule has 0 bridgehead atoms. The number of ether oxygens (including phenoxy) is 3. The van der Waals surface area contributed by atoms with Crippen LogP contribution < -0.4 is 9.47 Å². The largest absolute Gasteiger partial charge is 0.493 e. The lowest BCUT2D eigenvalue weighted by Gasteiger charge is -2.36. The lowest BCUT2D eigenvalue weighted by atomic mass is 9.90. The number of carbonyl (C=O) groups excluding carboxylic acids is 2. The molecule has 0 saturated carbocycles. The van der Waals surface area contributed by atoms with Crippen molar-refractivity contribution < 1.29 is 23.8 Å². The maximum Gasteiger partial charge on any atom is 0.329 e. The van der Waals surface area contributed by atoms with Gasteiger partial charge in [0, 0.05) is 23.0 Å². The average molecular weight is 420 g/mol. The van der Waals surface area contributed by atoms with Crippen molar-refractivity contribution in [3.05, 3.63) is 58.8 Å². The Bertz CT molecular complexity index is 1210. The number of H-pyrrole nitrogens is 1. The van der Waals surface area contributed by atoms with Crippen LogP contribution in [0.3, 0.4) is 0 Å². The van der Waals surface area contributed by atoms with Gasteiger partial charge in [0.25, 0.3) is 5.91 Å². The molecule has 3 heterocycles. The molecule has 1 N–H and O–H groups in total. The molecule has 0 saturated heterocycles.